The Morgan fingerprint density at radius 3 is 2.71 bits per heavy atom. The van der Waals surface area contributed by atoms with Gasteiger partial charge in [-0.1, -0.05) is 0 Å². The first-order valence-electron chi connectivity index (χ1n) is 1.98. The Balaban J connectivity index is 2.58. The van der Waals surface area contributed by atoms with Crippen molar-refractivity contribution < 1.29 is 4.79 Å². The molecule has 0 bridgehead atoms. The van der Waals surface area contributed by atoms with Crippen molar-refractivity contribution in [2.75, 3.05) is 0 Å². The SMILES string of the molecule is NC1CC(=O)N=N1. The summed E-state index contributed by atoms with van der Waals surface area (Å²) in [5, 5.41) is 6.55. The molecule has 4 nitrogen and oxygen atoms in total. The lowest BCUT2D eigenvalue weighted by molar-refractivity contribution is -0.117. The van der Waals surface area contributed by atoms with E-state index in [1.54, 1.807) is 0 Å². The van der Waals surface area contributed by atoms with E-state index >= 15 is 0 Å². The third-order valence-corrected chi connectivity index (χ3v) is 0.701. The van der Waals surface area contributed by atoms with Gasteiger partial charge >= 0.3 is 0 Å². The minimum atomic E-state index is -0.368. The van der Waals surface area contributed by atoms with Crippen molar-refractivity contribution in [3.63, 3.8) is 0 Å². The molecule has 1 heterocycles. The number of carbonyl (C=O) groups is 1. The van der Waals surface area contributed by atoms with Crippen molar-refractivity contribution in [3.8, 4) is 0 Å². The summed E-state index contributed by atoms with van der Waals surface area (Å²) in [6, 6.07) is 0. The van der Waals surface area contributed by atoms with E-state index in [1.165, 1.54) is 0 Å². The first-order valence-corrected chi connectivity index (χ1v) is 1.98. The highest BCUT2D eigenvalue weighted by Gasteiger charge is 2.13. The van der Waals surface area contributed by atoms with Crippen molar-refractivity contribution in [1.82, 2.24) is 0 Å². The van der Waals surface area contributed by atoms with Crippen molar-refractivity contribution in [2.24, 2.45) is 16.0 Å². The molecule has 7 heavy (non-hydrogen) atoms. The molecule has 0 saturated carbocycles. The molecule has 1 unspecified atom stereocenters. The topological polar surface area (TPSA) is 67.8 Å². The second-order valence-corrected chi connectivity index (χ2v) is 1.38. The molecule has 1 aliphatic heterocycles. The molecular weight excluding hydrogens is 94.1 g/mol. The zero-order chi connectivity index (χ0) is 5.28. The molecule has 2 N–H and O–H groups in total. The van der Waals surface area contributed by atoms with Crippen LogP contribution in [0, 0.1) is 0 Å². The summed E-state index contributed by atoms with van der Waals surface area (Å²) < 4.78 is 0. The number of amides is 1. The molecule has 0 saturated heterocycles. The smallest absolute Gasteiger partial charge is 0.267 e. The summed E-state index contributed by atoms with van der Waals surface area (Å²) in [5.74, 6) is -0.215. The van der Waals surface area contributed by atoms with Crippen LogP contribution < -0.4 is 5.73 Å². The number of hydrogen-bond donors (Lipinski definition) is 1. The van der Waals surface area contributed by atoms with Crippen LogP contribution in [0.25, 0.3) is 0 Å². The zero-order valence-corrected chi connectivity index (χ0v) is 3.66. The van der Waals surface area contributed by atoms with E-state index in [4.69, 9.17) is 5.73 Å². The number of hydrogen-bond acceptors (Lipinski definition) is 3. The van der Waals surface area contributed by atoms with Gasteiger partial charge in [0.2, 0.25) is 0 Å². The van der Waals surface area contributed by atoms with Gasteiger partial charge in [-0.15, -0.1) is 5.11 Å². The Morgan fingerprint density at radius 1 is 1.86 bits per heavy atom. The minimum Gasteiger partial charge on any atom is -0.308 e. The van der Waals surface area contributed by atoms with Crippen LogP contribution in [0.5, 0.6) is 0 Å². The molecule has 1 rings (SSSR count). The van der Waals surface area contributed by atoms with E-state index in [9.17, 15) is 4.79 Å². The Kier molecular flexibility index (Phi) is 0.867. The van der Waals surface area contributed by atoms with Crippen molar-refractivity contribution in [3.05, 3.63) is 0 Å². The van der Waals surface area contributed by atoms with E-state index in [2.05, 4.69) is 10.2 Å². The van der Waals surface area contributed by atoms with Crippen molar-refractivity contribution in [1.29, 1.82) is 0 Å². The lowest BCUT2D eigenvalue weighted by atomic mass is 10.4. The van der Waals surface area contributed by atoms with Crippen LogP contribution in [0.2, 0.25) is 0 Å². The fourth-order valence-corrected chi connectivity index (χ4v) is 0.399. The molecule has 1 atom stereocenters. The predicted molar refractivity (Wildman–Crippen MR) is 22.5 cm³/mol. The van der Waals surface area contributed by atoms with Gasteiger partial charge in [0.25, 0.3) is 5.91 Å². The lowest BCUT2D eigenvalue weighted by Crippen LogP contribution is -2.14. The van der Waals surface area contributed by atoms with Crippen LogP contribution in [0.15, 0.2) is 10.2 Å². The Bertz CT molecular complexity index is 119. The van der Waals surface area contributed by atoms with Gasteiger partial charge in [0.1, 0.15) is 6.17 Å². The Hall–Kier alpha value is -0.770. The second kappa shape index (κ2) is 1.38. The maximum atomic E-state index is 10.1. The highest BCUT2D eigenvalue weighted by molar-refractivity contribution is 5.78. The summed E-state index contributed by atoms with van der Waals surface area (Å²) in [4.78, 5) is 10.1. The third-order valence-electron chi connectivity index (χ3n) is 0.701. The molecule has 4 heteroatoms. The van der Waals surface area contributed by atoms with Gasteiger partial charge in [0.15, 0.2) is 0 Å². The van der Waals surface area contributed by atoms with Gasteiger partial charge in [0, 0.05) is 0 Å². The van der Waals surface area contributed by atoms with Crippen LogP contribution in [0.3, 0.4) is 0 Å². The van der Waals surface area contributed by atoms with E-state index in [1.807, 2.05) is 0 Å². The maximum absolute atomic E-state index is 10.1. The van der Waals surface area contributed by atoms with Crippen LogP contribution in [0.4, 0.5) is 0 Å². The number of rotatable bonds is 0. The first kappa shape index (κ1) is 4.39. The average molecular weight is 99.1 g/mol. The van der Waals surface area contributed by atoms with Crippen LogP contribution in [0.1, 0.15) is 6.42 Å². The average Bonchev–Trinajstić information content (AvgIpc) is 1.87. The monoisotopic (exact) mass is 99.0 g/mol. The highest BCUT2D eigenvalue weighted by atomic mass is 16.2. The largest absolute Gasteiger partial charge is 0.308 e. The van der Waals surface area contributed by atoms with Gasteiger partial charge in [-0.3, -0.25) is 4.79 Å². The highest BCUT2D eigenvalue weighted by Crippen LogP contribution is 2.01. The molecule has 0 aromatic carbocycles. The van der Waals surface area contributed by atoms with E-state index in [0.717, 1.165) is 0 Å². The first-order chi connectivity index (χ1) is 3.29. The normalized spacial score (nSPS) is 29.3. The minimum absolute atomic E-state index is 0.215. The molecular formula is C3H5N3O. The summed E-state index contributed by atoms with van der Waals surface area (Å²) in [5.41, 5.74) is 5.14. The molecule has 1 amide bonds. The molecule has 0 radical (unpaired) electrons. The van der Waals surface area contributed by atoms with Crippen LogP contribution in [-0.4, -0.2) is 12.1 Å². The van der Waals surface area contributed by atoms with E-state index in [-0.39, 0.29) is 18.5 Å². The van der Waals surface area contributed by atoms with Crippen LogP contribution in [-0.2, 0) is 4.79 Å². The Labute approximate surface area is 40.4 Å². The lowest BCUT2D eigenvalue weighted by Gasteiger charge is -1.85. The molecule has 0 aromatic heterocycles. The van der Waals surface area contributed by atoms with Gasteiger partial charge in [-0.25, -0.2) is 0 Å². The number of azo groups is 1. The third kappa shape index (κ3) is 0.806. The van der Waals surface area contributed by atoms with E-state index < -0.39 is 0 Å². The molecule has 1 aliphatic rings. The van der Waals surface area contributed by atoms with Crippen molar-refractivity contribution >= 4 is 5.91 Å². The molecule has 0 fully saturated rings. The quantitative estimate of drug-likeness (QED) is 0.451. The van der Waals surface area contributed by atoms with Gasteiger partial charge in [-0.05, 0) is 0 Å². The van der Waals surface area contributed by atoms with E-state index in [0.29, 0.717) is 0 Å². The predicted octanol–water partition coefficient (Wildman–Crippen LogP) is -0.346. The fraction of sp³-hybridized carbons (Fsp3) is 0.667. The van der Waals surface area contributed by atoms with Gasteiger partial charge < -0.3 is 5.73 Å². The summed E-state index contributed by atoms with van der Waals surface area (Å²) >= 11 is 0. The zero-order valence-electron chi connectivity index (χ0n) is 3.66. The molecule has 0 aromatic rings. The number of nitrogens with zero attached hydrogens (tertiary/aromatic N) is 2. The maximum Gasteiger partial charge on any atom is 0.267 e. The number of carbonyl (C=O) groups excluding carboxylic acids is 1. The Morgan fingerprint density at radius 2 is 2.57 bits per heavy atom. The summed E-state index contributed by atoms with van der Waals surface area (Å²) in [6.45, 7) is 0. The van der Waals surface area contributed by atoms with Crippen molar-refractivity contribution in [2.45, 2.75) is 12.6 Å². The standard InChI is InChI=1S/C3H5N3O/c4-2-1-3(7)6-5-2/h2H,1,4H2. The molecule has 38 valence electrons. The molecule has 0 spiro atoms. The summed E-state index contributed by atoms with van der Waals surface area (Å²) in [7, 11) is 0. The fourth-order valence-electron chi connectivity index (χ4n) is 0.399. The van der Waals surface area contributed by atoms with Gasteiger partial charge in [0.05, 0.1) is 6.42 Å². The van der Waals surface area contributed by atoms with Crippen LogP contribution >= 0.6 is 0 Å². The second-order valence-electron chi connectivity index (χ2n) is 1.38. The van der Waals surface area contributed by atoms with Gasteiger partial charge in [-0.2, -0.15) is 5.11 Å². The molecule has 0 aliphatic carbocycles. The number of nitrogens with two attached hydrogens (primary N) is 1. The summed E-state index contributed by atoms with van der Waals surface area (Å²) in [6.07, 6.45) is -0.0903.